The number of nitrogens with one attached hydrogen (secondary N) is 1. The predicted molar refractivity (Wildman–Crippen MR) is 68.6 cm³/mol. The standard InChI is InChI=1S/C13H26N2O2/c1-6-7-9(14)12(16)15-10-8(2)11(17-5)13(10,3)4/h8-11H,6-7,14H2,1-5H3,(H,15,16). The summed E-state index contributed by atoms with van der Waals surface area (Å²) in [5, 5.41) is 3.06. The van der Waals surface area contributed by atoms with E-state index < -0.39 is 0 Å². The van der Waals surface area contributed by atoms with Crippen LogP contribution in [-0.2, 0) is 9.53 Å². The van der Waals surface area contributed by atoms with E-state index in [1.165, 1.54) is 0 Å². The fraction of sp³-hybridized carbons (Fsp3) is 0.923. The van der Waals surface area contributed by atoms with Crippen molar-refractivity contribution >= 4 is 5.91 Å². The fourth-order valence-electron chi connectivity index (χ4n) is 3.13. The third-order valence-electron chi connectivity index (χ3n) is 4.03. The molecule has 0 aromatic heterocycles. The highest BCUT2D eigenvalue weighted by atomic mass is 16.5. The zero-order valence-electron chi connectivity index (χ0n) is 11.6. The molecule has 1 rings (SSSR count). The Hall–Kier alpha value is -0.610. The van der Waals surface area contributed by atoms with Crippen LogP contribution in [-0.4, -0.2) is 31.2 Å². The number of carbonyl (C=O) groups excluding carboxylic acids is 1. The Morgan fingerprint density at radius 3 is 2.53 bits per heavy atom. The second-order valence-corrected chi connectivity index (χ2v) is 5.72. The van der Waals surface area contributed by atoms with Crippen LogP contribution in [0.25, 0.3) is 0 Å². The summed E-state index contributed by atoms with van der Waals surface area (Å²) in [5.74, 6) is 0.305. The highest BCUT2D eigenvalue weighted by Crippen LogP contribution is 2.46. The van der Waals surface area contributed by atoms with Gasteiger partial charge in [0.15, 0.2) is 0 Å². The van der Waals surface area contributed by atoms with Crippen molar-refractivity contribution in [2.45, 2.75) is 58.7 Å². The molecule has 1 amide bonds. The Labute approximate surface area is 104 Å². The zero-order chi connectivity index (χ0) is 13.2. The van der Waals surface area contributed by atoms with E-state index in [1.54, 1.807) is 7.11 Å². The normalized spacial score (nSPS) is 32.7. The first kappa shape index (κ1) is 14.5. The Morgan fingerprint density at radius 2 is 2.12 bits per heavy atom. The van der Waals surface area contributed by atoms with Gasteiger partial charge in [-0.05, 0) is 6.42 Å². The molecule has 3 N–H and O–H groups in total. The Morgan fingerprint density at radius 1 is 1.53 bits per heavy atom. The number of hydrogen-bond donors (Lipinski definition) is 2. The molecule has 0 radical (unpaired) electrons. The maximum absolute atomic E-state index is 11.9. The van der Waals surface area contributed by atoms with Crippen molar-refractivity contribution in [3.8, 4) is 0 Å². The SMILES string of the molecule is CCCC(N)C(=O)NC1C(C)C(OC)C1(C)C. The summed E-state index contributed by atoms with van der Waals surface area (Å²) in [6.07, 6.45) is 1.87. The minimum atomic E-state index is -0.385. The average Bonchev–Trinajstić information content (AvgIpc) is 2.26. The van der Waals surface area contributed by atoms with Crippen molar-refractivity contribution < 1.29 is 9.53 Å². The summed E-state index contributed by atoms with van der Waals surface area (Å²) in [7, 11) is 1.73. The molecular formula is C13H26N2O2. The molecule has 4 atom stereocenters. The van der Waals surface area contributed by atoms with Gasteiger partial charge in [-0.1, -0.05) is 34.1 Å². The first-order chi connectivity index (χ1) is 7.86. The molecular weight excluding hydrogens is 216 g/mol. The Balaban J connectivity index is 2.56. The molecule has 0 spiro atoms. The summed E-state index contributed by atoms with van der Waals surface area (Å²) in [6, 6.07) is -0.229. The summed E-state index contributed by atoms with van der Waals surface area (Å²) in [4.78, 5) is 11.9. The van der Waals surface area contributed by atoms with Gasteiger partial charge in [-0.2, -0.15) is 0 Å². The summed E-state index contributed by atoms with van der Waals surface area (Å²) >= 11 is 0. The van der Waals surface area contributed by atoms with E-state index in [0.29, 0.717) is 5.92 Å². The second kappa shape index (κ2) is 5.36. The van der Waals surface area contributed by atoms with Gasteiger partial charge in [0.1, 0.15) is 0 Å². The van der Waals surface area contributed by atoms with Gasteiger partial charge in [-0.25, -0.2) is 0 Å². The molecule has 1 aliphatic carbocycles. The summed E-state index contributed by atoms with van der Waals surface area (Å²) < 4.78 is 5.45. The van der Waals surface area contributed by atoms with Crippen LogP contribution in [0.3, 0.4) is 0 Å². The summed E-state index contributed by atoms with van der Waals surface area (Å²) in [6.45, 7) is 8.38. The molecule has 4 nitrogen and oxygen atoms in total. The van der Waals surface area contributed by atoms with Crippen LogP contribution in [0, 0.1) is 11.3 Å². The maximum atomic E-state index is 11.9. The third kappa shape index (κ3) is 2.63. The van der Waals surface area contributed by atoms with Gasteiger partial charge in [0.2, 0.25) is 5.91 Å². The lowest BCUT2D eigenvalue weighted by Crippen LogP contribution is -2.69. The first-order valence-electron chi connectivity index (χ1n) is 6.45. The van der Waals surface area contributed by atoms with E-state index in [9.17, 15) is 4.79 Å². The van der Waals surface area contributed by atoms with Crippen LogP contribution >= 0.6 is 0 Å². The molecule has 0 bridgehead atoms. The molecule has 1 aliphatic rings. The number of amides is 1. The van der Waals surface area contributed by atoms with Crippen LogP contribution in [0.4, 0.5) is 0 Å². The van der Waals surface area contributed by atoms with Gasteiger partial charge in [-0.3, -0.25) is 4.79 Å². The first-order valence-corrected chi connectivity index (χ1v) is 6.45. The van der Waals surface area contributed by atoms with E-state index in [4.69, 9.17) is 10.5 Å². The van der Waals surface area contributed by atoms with Crippen molar-refractivity contribution in [2.75, 3.05) is 7.11 Å². The lowest BCUT2D eigenvalue weighted by molar-refractivity contribution is -0.155. The topological polar surface area (TPSA) is 64.4 Å². The number of nitrogens with two attached hydrogens (primary N) is 1. The molecule has 0 aromatic rings. The van der Waals surface area contributed by atoms with Gasteiger partial charge >= 0.3 is 0 Å². The van der Waals surface area contributed by atoms with Crippen LogP contribution in [0.5, 0.6) is 0 Å². The highest BCUT2D eigenvalue weighted by Gasteiger charge is 2.55. The number of methoxy groups -OCH3 is 1. The van der Waals surface area contributed by atoms with Crippen LogP contribution in [0.1, 0.15) is 40.5 Å². The van der Waals surface area contributed by atoms with Gasteiger partial charge in [0, 0.05) is 24.5 Å². The quantitative estimate of drug-likeness (QED) is 0.763. The number of hydrogen-bond acceptors (Lipinski definition) is 3. The van der Waals surface area contributed by atoms with E-state index in [0.717, 1.165) is 12.8 Å². The van der Waals surface area contributed by atoms with E-state index in [1.807, 2.05) is 6.92 Å². The van der Waals surface area contributed by atoms with Gasteiger partial charge < -0.3 is 15.8 Å². The predicted octanol–water partition coefficient (Wildman–Crippen LogP) is 1.29. The van der Waals surface area contributed by atoms with E-state index in [2.05, 4.69) is 26.1 Å². The van der Waals surface area contributed by atoms with Crippen molar-refractivity contribution in [2.24, 2.45) is 17.1 Å². The lowest BCUT2D eigenvalue weighted by atomic mass is 9.58. The lowest BCUT2D eigenvalue weighted by Gasteiger charge is -2.56. The molecule has 4 heteroatoms. The monoisotopic (exact) mass is 242 g/mol. The minimum Gasteiger partial charge on any atom is -0.380 e. The van der Waals surface area contributed by atoms with Crippen molar-refractivity contribution in [1.29, 1.82) is 0 Å². The molecule has 0 aromatic carbocycles. The second-order valence-electron chi connectivity index (χ2n) is 5.72. The van der Waals surface area contributed by atoms with Crippen molar-refractivity contribution in [3.05, 3.63) is 0 Å². The largest absolute Gasteiger partial charge is 0.380 e. The summed E-state index contributed by atoms with van der Waals surface area (Å²) in [5.41, 5.74) is 5.79. The van der Waals surface area contributed by atoms with Crippen molar-refractivity contribution in [3.63, 3.8) is 0 Å². The molecule has 0 saturated heterocycles. The molecule has 1 fully saturated rings. The highest BCUT2D eigenvalue weighted by molar-refractivity contribution is 5.82. The van der Waals surface area contributed by atoms with Gasteiger partial charge in [0.05, 0.1) is 12.1 Å². The molecule has 17 heavy (non-hydrogen) atoms. The van der Waals surface area contributed by atoms with Gasteiger partial charge in [0.25, 0.3) is 0 Å². The number of carbonyl (C=O) groups is 1. The Bertz CT molecular complexity index is 279. The smallest absolute Gasteiger partial charge is 0.237 e. The zero-order valence-corrected chi connectivity index (χ0v) is 11.6. The number of rotatable bonds is 5. The van der Waals surface area contributed by atoms with E-state index in [-0.39, 0.29) is 29.5 Å². The van der Waals surface area contributed by atoms with Crippen LogP contribution < -0.4 is 11.1 Å². The van der Waals surface area contributed by atoms with Crippen LogP contribution in [0.15, 0.2) is 0 Å². The minimum absolute atomic E-state index is 0.0181. The Kier molecular flexibility index (Phi) is 4.55. The van der Waals surface area contributed by atoms with Gasteiger partial charge in [-0.15, -0.1) is 0 Å². The number of ether oxygens (including phenoxy) is 1. The third-order valence-corrected chi connectivity index (χ3v) is 4.03. The molecule has 0 aliphatic heterocycles. The fourth-order valence-corrected chi connectivity index (χ4v) is 3.13. The molecule has 4 unspecified atom stereocenters. The van der Waals surface area contributed by atoms with Crippen LogP contribution in [0.2, 0.25) is 0 Å². The molecule has 1 saturated carbocycles. The van der Waals surface area contributed by atoms with E-state index >= 15 is 0 Å². The molecule has 100 valence electrons. The van der Waals surface area contributed by atoms with Crippen molar-refractivity contribution in [1.82, 2.24) is 5.32 Å². The molecule has 0 heterocycles. The maximum Gasteiger partial charge on any atom is 0.237 e. The average molecular weight is 242 g/mol.